The zero-order chi connectivity index (χ0) is 14.3. The molecule has 0 atom stereocenters. The average Bonchev–Trinajstić information content (AvgIpc) is 3.36. The van der Waals surface area contributed by atoms with E-state index in [-0.39, 0.29) is 0 Å². The highest BCUT2D eigenvalue weighted by Crippen LogP contribution is 2.20. The van der Waals surface area contributed by atoms with Crippen LogP contribution >= 0.6 is 11.8 Å². The molecule has 0 bridgehead atoms. The Hall–Kier alpha value is -1.45. The van der Waals surface area contributed by atoms with Crippen molar-refractivity contribution in [3.8, 4) is 5.75 Å². The summed E-state index contributed by atoms with van der Waals surface area (Å²) >= 11 is 1.83. The van der Waals surface area contributed by atoms with Crippen LogP contribution in [0.5, 0.6) is 5.75 Å². The first-order valence-corrected chi connectivity index (χ1v) is 8.52. The summed E-state index contributed by atoms with van der Waals surface area (Å²) in [5, 5.41) is 3.52. The van der Waals surface area contributed by atoms with Crippen LogP contribution in [0.25, 0.3) is 0 Å². The first kappa shape index (κ1) is 14.5. The smallest absolute Gasteiger partial charge is 0.119 e. The van der Waals surface area contributed by atoms with E-state index in [0.29, 0.717) is 0 Å². The van der Waals surface area contributed by atoms with Crippen molar-refractivity contribution in [3.63, 3.8) is 0 Å². The molecular weight excluding hydrogens is 278 g/mol. The zero-order valence-corrected chi connectivity index (χ0v) is 12.9. The molecule has 1 aliphatic rings. The minimum atomic E-state index is 0.735. The van der Waals surface area contributed by atoms with Gasteiger partial charge in [-0.2, -0.15) is 0 Å². The lowest BCUT2D eigenvalue weighted by atomic mass is 10.2. The molecule has 0 unspecified atom stereocenters. The van der Waals surface area contributed by atoms with Crippen LogP contribution in [0, 0.1) is 0 Å². The van der Waals surface area contributed by atoms with Crippen molar-refractivity contribution >= 4 is 11.8 Å². The van der Waals surface area contributed by atoms with Gasteiger partial charge in [-0.25, -0.2) is 0 Å². The lowest BCUT2D eigenvalue weighted by Gasteiger charge is -2.08. The number of thioether (sulfide) groups is 1. The second-order valence-electron chi connectivity index (χ2n) is 5.31. The molecule has 0 aromatic heterocycles. The minimum Gasteiger partial charge on any atom is -0.493 e. The summed E-state index contributed by atoms with van der Waals surface area (Å²) in [5.74, 6) is 1.92. The van der Waals surface area contributed by atoms with Crippen molar-refractivity contribution in [1.29, 1.82) is 0 Å². The first-order valence-electron chi connectivity index (χ1n) is 7.53. The molecule has 0 heterocycles. The van der Waals surface area contributed by atoms with Crippen molar-refractivity contribution in [1.82, 2.24) is 5.32 Å². The third-order valence-electron chi connectivity index (χ3n) is 3.46. The monoisotopic (exact) mass is 299 g/mol. The first-order chi connectivity index (χ1) is 10.4. The largest absolute Gasteiger partial charge is 0.493 e. The van der Waals surface area contributed by atoms with Gasteiger partial charge >= 0.3 is 0 Å². The molecule has 3 heteroatoms. The highest BCUT2D eigenvalue weighted by atomic mass is 32.2. The molecule has 2 nitrogen and oxygen atoms in total. The van der Waals surface area contributed by atoms with Crippen molar-refractivity contribution in [2.45, 2.75) is 30.3 Å². The topological polar surface area (TPSA) is 21.3 Å². The van der Waals surface area contributed by atoms with Gasteiger partial charge in [-0.3, -0.25) is 0 Å². The Morgan fingerprint density at radius 1 is 1.00 bits per heavy atom. The van der Waals surface area contributed by atoms with Crippen molar-refractivity contribution in [3.05, 3.63) is 60.2 Å². The van der Waals surface area contributed by atoms with Crippen LogP contribution in [-0.2, 0) is 6.54 Å². The maximum Gasteiger partial charge on any atom is 0.119 e. The molecule has 1 saturated carbocycles. The number of ether oxygens (including phenoxy) is 1. The Labute approximate surface area is 130 Å². The van der Waals surface area contributed by atoms with E-state index in [4.69, 9.17) is 4.74 Å². The fourth-order valence-electron chi connectivity index (χ4n) is 2.09. The van der Waals surface area contributed by atoms with Crippen LogP contribution < -0.4 is 10.1 Å². The quantitative estimate of drug-likeness (QED) is 0.585. The third kappa shape index (κ3) is 5.10. The van der Waals surface area contributed by atoms with E-state index >= 15 is 0 Å². The molecule has 0 amide bonds. The summed E-state index contributed by atoms with van der Waals surface area (Å²) in [6.07, 6.45) is 2.67. The maximum absolute atomic E-state index is 5.78. The van der Waals surface area contributed by atoms with E-state index in [9.17, 15) is 0 Å². The second-order valence-corrected chi connectivity index (χ2v) is 6.48. The van der Waals surface area contributed by atoms with E-state index in [0.717, 1.165) is 30.7 Å². The lowest BCUT2D eigenvalue weighted by Crippen LogP contribution is -2.15. The molecule has 2 aromatic carbocycles. The molecule has 0 aliphatic heterocycles. The molecule has 1 fully saturated rings. The van der Waals surface area contributed by atoms with Gasteiger partial charge in [-0.1, -0.05) is 30.3 Å². The van der Waals surface area contributed by atoms with Crippen LogP contribution in [-0.4, -0.2) is 18.4 Å². The number of nitrogens with one attached hydrogen (secondary N) is 1. The van der Waals surface area contributed by atoms with Crippen molar-refractivity contribution in [2.75, 3.05) is 12.4 Å². The Balaban J connectivity index is 1.36. The molecule has 2 aromatic rings. The highest BCUT2D eigenvalue weighted by Gasteiger charge is 2.19. The normalized spacial score (nSPS) is 14.1. The Morgan fingerprint density at radius 2 is 1.76 bits per heavy atom. The number of hydrogen-bond acceptors (Lipinski definition) is 3. The number of benzene rings is 2. The highest BCUT2D eigenvalue weighted by molar-refractivity contribution is 7.99. The van der Waals surface area contributed by atoms with Gasteiger partial charge in [0, 0.05) is 23.2 Å². The predicted octanol–water partition coefficient (Wildman–Crippen LogP) is 4.11. The van der Waals surface area contributed by atoms with Crippen molar-refractivity contribution < 1.29 is 4.74 Å². The average molecular weight is 299 g/mol. The number of hydrogen-bond donors (Lipinski definition) is 1. The number of rotatable bonds is 8. The van der Waals surface area contributed by atoms with Gasteiger partial charge in [-0.05, 0) is 42.7 Å². The van der Waals surface area contributed by atoms with Crippen molar-refractivity contribution in [2.24, 2.45) is 0 Å². The third-order valence-corrected chi connectivity index (χ3v) is 4.44. The molecule has 110 valence electrons. The molecule has 0 radical (unpaired) electrons. The zero-order valence-electron chi connectivity index (χ0n) is 12.1. The molecule has 0 saturated heterocycles. The molecule has 0 spiro atoms. The Bertz CT molecular complexity index is 537. The summed E-state index contributed by atoms with van der Waals surface area (Å²) in [5.41, 5.74) is 1.33. The van der Waals surface area contributed by atoms with Gasteiger partial charge in [0.25, 0.3) is 0 Å². The lowest BCUT2D eigenvalue weighted by molar-refractivity contribution is 0.344. The fourth-order valence-corrected chi connectivity index (χ4v) is 2.84. The van der Waals surface area contributed by atoms with E-state index in [2.05, 4.69) is 53.8 Å². The maximum atomic E-state index is 5.78. The standard InChI is InChI=1S/C18H21NOS/c1-2-4-18(5-3-1)21-13-12-20-17-10-6-15(7-11-17)14-19-16-8-9-16/h1-7,10-11,16,19H,8-9,12-14H2. The van der Waals surface area contributed by atoms with Crippen LogP contribution in [0.3, 0.4) is 0 Å². The van der Waals surface area contributed by atoms with E-state index in [1.54, 1.807) is 0 Å². The minimum absolute atomic E-state index is 0.735. The molecule has 3 rings (SSSR count). The van der Waals surface area contributed by atoms with E-state index in [1.807, 2.05) is 17.8 Å². The van der Waals surface area contributed by atoms with Crippen LogP contribution in [0.4, 0.5) is 0 Å². The van der Waals surface area contributed by atoms with Gasteiger partial charge in [-0.15, -0.1) is 11.8 Å². The summed E-state index contributed by atoms with van der Waals surface area (Å²) in [4.78, 5) is 1.29. The second kappa shape index (κ2) is 7.53. The van der Waals surface area contributed by atoms with Gasteiger partial charge in [0.05, 0.1) is 6.61 Å². The van der Waals surface area contributed by atoms with E-state index < -0.39 is 0 Å². The Morgan fingerprint density at radius 3 is 2.48 bits per heavy atom. The van der Waals surface area contributed by atoms with Crippen LogP contribution in [0.15, 0.2) is 59.5 Å². The van der Waals surface area contributed by atoms with E-state index in [1.165, 1.54) is 23.3 Å². The summed E-state index contributed by atoms with van der Waals surface area (Å²) in [6.45, 7) is 1.70. The molecule has 1 aliphatic carbocycles. The van der Waals surface area contributed by atoms with Crippen LogP contribution in [0.2, 0.25) is 0 Å². The molecular formula is C18H21NOS. The molecule has 21 heavy (non-hydrogen) atoms. The van der Waals surface area contributed by atoms with Gasteiger partial charge < -0.3 is 10.1 Å². The predicted molar refractivity (Wildman–Crippen MR) is 89.0 cm³/mol. The summed E-state index contributed by atoms with van der Waals surface area (Å²) in [6, 6.07) is 19.6. The summed E-state index contributed by atoms with van der Waals surface area (Å²) in [7, 11) is 0. The molecule has 1 N–H and O–H groups in total. The van der Waals surface area contributed by atoms with Gasteiger partial charge in [0.1, 0.15) is 5.75 Å². The SMILES string of the molecule is c1ccc(SCCOc2ccc(CNC3CC3)cc2)cc1. The van der Waals surface area contributed by atoms with Gasteiger partial charge in [0.15, 0.2) is 0 Å². The summed E-state index contributed by atoms with van der Waals surface area (Å²) < 4.78 is 5.78. The van der Waals surface area contributed by atoms with Crippen LogP contribution in [0.1, 0.15) is 18.4 Å². The fraction of sp³-hybridized carbons (Fsp3) is 0.333. The van der Waals surface area contributed by atoms with Gasteiger partial charge in [0.2, 0.25) is 0 Å². The Kier molecular flexibility index (Phi) is 5.19.